The number of hydrogen-bond donors (Lipinski definition) is 0. The number of rotatable bonds is 0. The third-order valence-electron chi connectivity index (χ3n) is 2.43. The smallest absolute Gasteiger partial charge is 0.128 e. The Morgan fingerprint density at radius 2 is 2.07 bits per heavy atom. The van der Waals surface area contributed by atoms with E-state index in [9.17, 15) is 0 Å². The van der Waals surface area contributed by atoms with Gasteiger partial charge in [-0.3, -0.25) is 4.98 Å². The predicted octanol–water partition coefficient (Wildman–Crippen LogP) is 2.86. The first kappa shape index (κ1) is 8.73. The zero-order valence-corrected chi connectivity index (χ0v) is 9.30. The van der Waals surface area contributed by atoms with E-state index in [4.69, 9.17) is 0 Å². The Labute approximate surface area is 90.8 Å². The molecule has 0 atom stereocenters. The average Bonchev–Trinajstić information content (AvgIpc) is 2.54. The normalized spacial score (nSPS) is 11.3. The second kappa shape index (κ2) is 2.97. The van der Waals surface area contributed by atoms with Gasteiger partial charge in [0.05, 0.1) is 10.4 Å². The van der Waals surface area contributed by atoms with Gasteiger partial charge in [-0.15, -0.1) is 11.3 Å². The molecule has 0 amide bonds. The molecule has 0 aromatic carbocycles. The van der Waals surface area contributed by atoms with Crippen molar-refractivity contribution in [3.63, 3.8) is 0 Å². The van der Waals surface area contributed by atoms with Crippen LogP contribution in [0, 0.1) is 13.8 Å². The number of fused-ring (bicyclic) bond motifs is 3. The molecule has 0 spiro atoms. The van der Waals surface area contributed by atoms with Crippen LogP contribution in [0.5, 0.6) is 0 Å². The second-order valence-corrected chi connectivity index (χ2v) is 4.54. The molecule has 0 saturated heterocycles. The molecule has 0 aliphatic carbocycles. The highest BCUT2D eigenvalue weighted by Gasteiger charge is 2.09. The summed E-state index contributed by atoms with van der Waals surface area (Å²) in [7, 11) is 0. The average molecular weight is 215 g/mol. The monoisotopic (exact) mass is 215 g/mol. The van der Waals surface area contributed by atoms with E-state index < -0.39 is 0 Å². The molecule has 0 saturated carbocycles. The van der Waals surface area contributed by atoms with Crippen LogP contribution >= 0.6 is 11.3 Å². The molecule has 0 aliphatic heterocycles. The molecular weight excluding hydrogens is 206 g/mol. The lowest BCUT2D eigenvalue weighted by Gasteiger charge is -1.97. The molecule has 3 aromatic rings. The number of aryl methyl sites for hydroxylation is 2. The zero-order chi connectivity index (χ0) is 10.4. The number of pyridine rings is 1. The topological polar surface area (TPSA) is 38.7 Å². The molecule has 74 valence electrons. The van der Waals surface area contributed by atoms with Crippen LogP contribution in [0.3, 0.4) is 0 Å². The first-order valence-corrected chi connectivity index (χ1v) is 5.55. The summed E-state index contributed by atoms with van der Waals surface area (Å²) < 4.78 is 1.18. The van der Waals surface area contributed by atoms with Crippen molar-refractivity contribution in [2.24, 2.45) is 0 Å². The van der Waals surface area contributed by atoms with Crippen LogP contribution < -0.4 is 0 Å². The van der Waals surface area contributed by atoms with Gasteiger partial charge in [0.15, 0.2) is 0 Å². The molecule has 0 bridgehead atoms. The van der Waals surface area contributed by atoms with Crippen LogP contribution in [0.1, 0.15) is 11.5 Å². The van der Waals surface area contributed by atoms with E-state index in [1.807, 2.05) is 32.3 Å². The third-order valence-corrected chi connectivity index (χ3v) is 3.46. The summed E-state index contributed by atoms with van der Waals surface area (Å²) in [5.41, 5.74) is 1.05. The summed E-state index contributed by atoms with van der Waals surface area (Å²) in [6.07, 6.45) is 3.70. The van der Waals surface area contributed by atoms with Crippen LogP contribution in [-0.4, -0.2) is 15.0 Å². The molecule has 3 aromatic heterocycles. The zero-order valence-electron chi connectivity index (χ0n) is 8.48. The minimum absolute atomic E-state index is 0.833. The molecule has 3 rings (SSSR count). The molecule has 4 heteroatoms. The molecule has 3 heterocycles. The lowest BCUT2D eigenvalue weighted by Crippen LogP contribution is -1.89. The summed E-state index contributed by atoms with van der Waals surface area (Å²) in [4.78, 5) is 14.0. The van der Waals surface area contributed by atoms with E-state index in [2.05, 4.69) is 15.0 Å². The fraction of sp³-hybridized carbons (Fsp3) is 0.182. The van der Waals surface area contributed by atoms with Gasteiger partial charge < -0.3 is 0 Å². The first-order valence-electron chi connectivity index (χ1n) is 4.73. The summed E-state index contributed by atoms with van der Waals surface area (Å²) in [5, 5.41) is 2.38. The van der Waals surface area contributed by atoms with Gasteiger partial charge in [0.1, 0.15) is 10.7 Å². The lowest BCUT2D eigenvalue weighted by atomic mass is 10.2. The standard InChI is InChI=1S/C11H9N3S/c1-6-10-8-3-4-12-5-9(8)15-11(10)14-7(2)13-6/h3-5H,1-2H3. The highest BCUT2D eigenvalue weighted by molar-refractivity contribution is 7.25. The largest absolute Gasteiger partial charge is 0.263 e. The Balaban J connectivity index is 2.61. The summed E-state index contributed by atoms with van der Waals surface area (Å²) >= 11 is 1.68. The molecule has 0 radical (unpaired) electrons. The fourth-order valence-corrected chi connectivity index (χ4v) is 2.98. The molecule has 0 fully saturated rings. The number of nitrogens with zero attached hydrogens (tertiary/aromatic N) is 3. The highest BCUT2D eigenvalue weighted by Crippen LogP contribution is 2.32. The minimum atomic E-state index is 0.833. The Morgan fingerprint density at radius 3 is 2.93 bits per heavy atom. The van der Waals surface area contributed by atoms with Crippen molar-refractivity contribution < 1.29 is 0 Å². The van der Waals surface area contributed by atoms with Gasteiger partial charge in [-0.1, -0.05) is 0 Å². The molecule has 3 nitrogen and oxygen atoms in total. The van der Waals surface area contributed by atoms with Crippen molar-refractivity contribution in [3.05, 3.63) is 30.0 Å². The van der Waals surface area contributed by atoms with E-state index in [1.54, 1.807) is 11.3 Å². The van der Waals surface area contributed by atoms with Crippen LogP contribution in [0.4, 0.5) is 0 Å². The van der Waals surface area contributed by atoms with Gasteiger partial charge in [0.2, 0.25) is 0 Å². The van der Waals surface area contributed by atoms with Crippen molar-refractivity contribution in [3.8, 4) is 0 Å². The maximum absolute atomic E-state index is 4.45. The van der Waals surface area contributed by atoms with Gasteiger partial charge in [-0.2, -0.15) is 0 Å². The van der Waals surface area contributed by atoms with Gasteiger partial charge >= 0.3 is 0 Å². The van der Waals surface area contributed by atoms with Gasteiger partial charge in [-0.25, -0.2) is 9.97 Å². The highest BCUT2D eigenvalue weighted by atomic mass is 32.1. The van der Waals surface area contributed by atoms with Crippen molar-refractivity contribution in [2.45, 2.75) is 13.8 Å². The Morgan fingerprint density at radius 1 is 1.20 bits per heavy atom. The molecule has 0 aliphatic rings. The van der Waals surface area contributed by atoms with Gasteiger partial charge in [0.25, 0.3) is 0 Å². The Bertz CT molecular complexity index is 657. The SMILES string of the molecule is Cc1nc(C)c2c(n1)sc1cnccc12. The van der Waals surface area contributed by atoms with Crippen LogP contribution in [0.25, 0.3) is 20.3 Å². The van der Waals surface area contributed by atoms with Crippen LogP contribution in [0.2, 0.25) is 0 Å². The van der Waals surface area contributed by atoms with E-state index in [-0.39, 0.29) is 0 Å². The summed E-state index contributed by atoms with van der Waals surface area (Å²) in [5.74, 6) is 0.833. The van der Waals surface area contributed by atoms with E-state index in [0.717, 1.165) is 16.3 Å². The van der Waals surface area contributed by atoms with Crippen molar-refractivity contribution in [2.75, 3.05) is 0 Å². The van der Waals surface area contributed by atoms with Gasteiger partial charge in [-0.05, 0) is 19.9 Å². The molecule has 0 N–H and O–H groups in total. The van der Waals surface area contributed by atoms with Gasteiger partial charge in [0, 0.05) is 23.2 Å². The third kappa shape index (κ3) is 1.22. The first-order chi connectivity index (χ1) is 7.25. The van der Waals surface area contributed by atoms with Crippen molar-refractivity contribution >= 4 is 31.6 Å². The number of aromatic nitrogens is 3. The lowest BCUT2D eigenvalue weighted by molar-refractivity contribution is 1.06. The predicted molar refractivity (Wildman–Crippen MR) is 62.2 cm³/mol. The molecule has 0 unspecified atom stereocenters. The molecular formula is C11H9N3S. The van der Waals surface area contributed by atoms with Crippen LogP contribution in [0.15, 0.2) is 18.5 Å². The van der Waals surface area contributed by atoms with E-state index >= 15 is 0 Å². The Hall–Kier alpha value is -1.55. The Kier molecular flexibility index (Phi) is 1.73. The second-order valence-electron chi connectivity index (χ2n) is 3.51. The van der Waals surface area contributed by atoms with Crippen molar-refractivity contribution in [1.82, 2.24) is 15.0 Å². The number of thiophene rings is 1. The fourth-order valence-electron chi connectivity index (χ4n) is 1.84. The minimum Gasteiger partial charge on any atom is -0.263 e. The van der Waals surface area contributed by atoms with E-state index in [1.165, 1.54) is 15.5 Å². The maximum atomic E-state index is 4.45. The van der Waals surface area contributed by atoms with Crippen molar-refractivity contribution in [1.29, 1.82) is 0 Å². The summed E-state index contributed by atoms with van der Waals surface area (Å²) in [6, 6.07) is 2.03. The quantitative estimate of drug-likeness (QED) is 0.578. The summed E-state index contributed by atoms with van der Waals surface area (Å²) in [6.45, 7) is 3.96. The maximum Gasteiger partial charge on any atom is 0.128 e. The van der Waals surface area contributed by atoms with E-state index in [0.29, 0.717) is 0 Å². The number of hydrogen-bond acceptors (Lipinski definition) is 4. The van der Waals surface area contributed by atoms with Crippen LogP contribution in [-0.2, 0) is 0 Å². The molecule has 15 heavy (non-hydrogen) atoms.